The lowest BCUT2D eigenvalue weighted by Gasteiger charge is -2.13. The first-order chi connectivity index (χ1) is 17.7. The molecule has 0 unspecified atom stereocenters. The number of aryl methyl sites for hydroxylation is 1. The molecule has 0 aliphatic heterocycles. The lowest BCUT2D eigenvalue weighted by atomic mass is 10.1. The van der Waals surface area contributed by atoms with Crippen molar-refractivity contribution in [2.24, 2.45) is 0 Å². The van der Waals surface area contributed by atoms with Gasteiger partial charge < -0.3 is 14.2 Å². The SMILES string of the molecule is COc1cc(/C=C(\C#N)C(=O)Nc2cccc3ccccc23)cc(Cl)c1OS(=O)(=O)c1ccc(C)cc1. The van der Waals surface area contributed by atoms with Gasteiger partial charge in [-0.2, -0.15) is 13.7 Å². The molecule has 7 nitrogen and oxygen atoms in total. The predicted octanol–water partition coefficient (Wildman–Crippen LogP) is 6.12. The molecule has 0 aromatic heterocycles. The second-order valence-electron chi connectivity index (χ2n) is 8.04. The first kappa shape index (κ1) is 25.8. The number of hydrogen-bond donors (Lipinski definition) is 1. The van der Waals surface area contributed by atoms with Crippen LogP contribution >= 0.6 is 11.6 Å². The number of nitrogens with one attached hydrogen (secondary N) is 1. The molecule has 0 saturated carbocycles. The van der Waals surface area contributed by atoms with E-state index in [0.717, 1.165) is 16.3 Å². The van der Waals surface area contributed by atoms with Gasteiger partial charge in [0.25, 0.3) is 5.91 Å². The number of carbonyl (C=O) groups is 1. The van der Waals surface area contributed by atoms with E-state index in [-0.39, 0.29) is 27.0 Å². The Morgan fingerprint density at radius 3 is 2.43 bits per heavy atom. The van der Waals surface area contributed by atoms with Gasteiger partial charge in [-0.1, -0.05) is 65.7 Å². The smallest absolute Gasteiger partial charge is 0.339 e. The van der Waals surface area contributed by atoms with Crippen molar-refractivity contribution < 1.29 is 22.1 Å². The van der Waals surface area contributed by atoms with Gasteiger partial charge in [0.15, 0.2) is 5.75 Å². The molecule has 0 atom stereocenters. The normalized spacial score (nSPS) is 11.6. The number of nitriles is 1. The number of benzene rings is 4. The highest BCUT2D eigenvalue weighted by atomic mass is 35.5. The van der Waals surface area contributed by atoms with Crippen molar-refractivity contribution in [2.45, 2.75) is 11.8 Å². The van der Waals surface area contributed by atoms with Crippen molar-refractivity contribution in [3.8, 4) is 17.6 Å². The second-order valence-corrected chi connectivity index (χ2v) is 9.99. The van der Waals surface area contributed by atoms with Gasteiger partial charge in [0.05, 0.1) is 12.1 Å². The fraction of sp³-hybridized carbons (Fsp3) is 0.0714. The summed E-state index contributed by atoms with van der Waals surface area (Å²) in [5.74, 6) is -0.807. The molecule has 0 radical (unpaired) electrons. The molecule has 186 valence electrons. The van der Waals surface area contributed by atoms with Gasteiger partial charge in [0.1, 0.15) is 16.5 Å². The van der Waals surface area contributed by atoms with E-state index >= 15 is 0 Å². The molecule has 4 aromatic carbocycles. The number of amides is 1. The van der Waals surface area contributed by atoms with Crippen molar-refractivity contribution in [2.75, 3.05) is 12.4 Å². The van der Waals surface area contributed by atoms with Crippen LogP contribution in [-0.4, -0.2) is 21.4 Å². The van der Waals surface area contributed by atoms with Crippen LogP contribution in [-0.2, 0) is 14.9 Å². The van der Waals surface area contributed by atoms with Gasteiger partial charge in [-0.05, 0) is 54.3 Å². The number of nitrogens with zero attached hydrogens (tertiary/aromatic N) is 1. The van der Waals surface area contributed by atoms with Gasteiger partial charge in [0, 0.05) is 11.1 Å². The Kier molecular flexibility index (Phi) is 7.48. The third-order valence-electron chi connectivity index (χ3n) is 5.47. The topological polar surface area (TPSA) is 105 Å². The Balaban J connectivity index is 1.63. The lowest BCUT2D eigenvalue weighted by molar-refractivity contribution is -0.112. The van der Waals surface area contributed by atoms with Gasteiger partial charge >= 0.3 is 10.1 Å². The molecule has 4 aromatic rings. The molecule has 37 heavy (non-hydrogen) atoms. The zero-order chi connectivity index (χ0) is 26.6. The third kappa shape index (κ3) is 5.75. The maximum absolute atomic E-state index is 12.9. The molecule has 0 heterocycles. The minimum Gasteiger partial charge on any atom is -0.493 e. The zero-order valence-electron chi connectivity index (χ0n) is 19.9. The molecule has 9 heteroatoms. The third-order valence-corrected chi connectivity index (χ3v) is 6.98. The van der Waals surface area contributed by atoms with Crippen LogP contribution in [0.2, 0.25) is 5.02 Å². The molecule has 4 rings (SSSR count). The van der Waals surface area contributed by atoms with E-state index in [1.54, 1.807) is 18.2 Å². The number of hydrogen-bond acceptors (Lipinski definition) is 6. The molecule has 1 amide bonds. The van der Waals surface area contributed by atoms with Gasteiger partial charge in [0.2, 0.25) is 5.75 Å². The van der Waals surface area contributed by atoms with Crippen LogP contribution in [0.1, 0.15) is 11.1 Å². The maximum atomic E-state index is 12.9. The quantitative estimate of drug-likeness (QED) is 0.174. The molecule has 0 saturated heterocycles. The molecule has 0 spiro atoms. The van der Waals surface area contributed by atoms with Crippen LogP contribution in [0.15, 0.2) is 89.3 Å². The van der Waals surface area contributed by atoms with E-state index in [2.05, 4.69) is 5.32 Å². The average Bonchev–Trinajstić information content (AvgIpc) is 2.89. The molecule has 0 aliphatic carbocycles. The average molecular weight is 533 g/mol. The second kappa shape index (κ2) is 10.7. The number of carbonyl (C=O) groups excluding carboxylic acids is 1. The number of halogens is 1. The molecule has 1 N–H and O–H groups in total. The highest BCUT2D eigenvalue weighted by Crippen LogP contribution is 2.39. The summed E-state index contributed by atoms with van der Waals surface area (Å²) in [6, 6.07) is 23.9. The first-order valence-electron chi connectivity index (χ1n) is 11.0. The van der Waals surface area contributed by atoms with Crippen LogP contribution < -0.4 is 14.2 Å². The van der Waals surface area contributed by atoms with Crippen LogP contribution in [0.5, 0.6) is 11.5 Å². The van der Waals surface area contributed by atoms with Gasteiger partial charge in [-0.3, -0.25) is 4.79 Å². The van der Waals surface area contributed by atoms with E-state index < -0.39 is 16.0 Å². The summed E-state index contributed by atoms with van der Waals surface area (Å²) in [4.78, 5) is 12.9. The van der Waals surface area contributed by atoms with Crippen molar-refractivity contribution >= 4 is 50.2 Å². The lowest BCUT2D eigenvalue weighted by Crippen LogP contribution is -2.13. The summed E-state index contributed by atoms with van der Waals surface area (Å²) >= 11 is 6.35. The number of anilines is 1. The summed E-state index contributed by atoms with van der Waals surface area (Å²) in [6.45, 7) is 1.83. The summed E-state index contributed by atoms with van der Waals surface area (Å²) in [5, 5.41) is 14.1. The van der Waals surface area contributed by atoms with Gasteiger partial charge in [-0.25, -0.2) is 0 Å². The van der Waals surface area contributed by atoms with E-state index in [1.165, 1.54) is 37.5 Å². The monoisotopic (exact) mass is 532 g/mol. The molecule has 0 bridgehead atoms. The summed E-state index contributed by atoms with van der Waals surface area (Å²) < 4.78 is 36.1. The number of methoxy groups -OCH3 is 1. The fourth-order valence-electron chi connectivity index (χ4n) is 3.61. The van der Waals surface area contributed by atoms with Crippen LogP contribution in [0.3, 0.4) is 0 Å². The maximum Gasteiger partial charge on any atom is 0.339 e. The molecular weight excluding hydrogens is 512 g/mol. The minimum absolute atomic E-state index is 0.0150. The van der Waals surface area contributed by atoms with Crippen LogP contribution in [0.25, 0.3) is 16.8 Å². The Bertz CT molecular complexity index is 1670. The standard InChI is InChI=1S/C28H21ClN2O5S/c1-18-10-12-22(13-11-18)37(33,34)36-27-24(29)15-19(16-26(27)35-2)14-21(17-30)28(32)31-25-9-5-7-20-6-3-4-8-23(20)25/h3-16H,1-2H3,(H,31,32)/b21-14+. The highest BCUT2D eigenvalue weighted by Gasteiger charge is 2.22. The van der Waals surface area contributed by atoms with E-state index in [4.69, 9.17) is 20.5 Å². The fourth-order valence-corrected chi connectivity index (χ4v) is 4.87. The summed E-state index contributed by atoms with van der Waals surface area (Å²) in [5.41, 5.74) is 1.60. The minimum atomic E-state index is -4.19. The van der Waals surface area contributed by atoms with Crippen molar-refractivity contribution in [3.63, 3.8) is 0 Å². The van der Waals surface area contributed by atoms with Crippen LogP contribution in [0.4, 0.5) is 5.69 Å². The number of ether oxygens (including phenoxy) is 1. The number of fused-ring (bicyclic) bond motifs is 1. The molecule has 0 aliphatic rings. The van der Waals surface area contributed by atoms with Crippen LogP contribution in [0, 0.1) is 18.3 Å². The first-order valence-corrected chi connectivity index (χ1v) is 12.8. The summed E-state index contributed by atoms with van der Waals surface area (Å²) in [7, 11) is -2.87. The highest BCUT2D eigenvalue weighted by molar-refractivity contribution is 7.87. The molecule has 0 fully saturated rings. The van der Waals surface area contributed by atoms with Crippen molar-refractivity contribution in [1.29, 1.82) is 5.26 Å². The van der Waals surface area contributed by atoms with Crippen molar-refractivity contribution in [3.05, 3.63) is 101 Å². The predicted molar refractivity (Wildman–Crippen MR) is 143 cm³/mol. The zero-order valence-corrected chi connectivity index (χ0v) is 21.4. The largest absolute Gasteiger partial charge is 0.493 e. The molecular formula is C28H21ClN2O5S. The van der Waals surface area contributed by atoms with Crippen molar-refractivity contribution in [1.82, 2.24) is 0 Å². The Hall–Kier alpha value is -4.32. The Labute approximate surface area is 219 Å². The Morgan fingerprint density at radius 1 is 1.03 bits per heavy atom. The van der Waals surface area contributed by atoms with E-state index in [0.29, 0.717) is 11.3 Å². The van der Waals surface area contributed by atoms with E-state index in [9.17, 15) is 18.5 Å². The van der Waals surface area contributed by atoms with E-state index in [1.807, 2.05) is 49.4 Å². The van der Waals surface area contributed by atoms with Gasteiger partial charge in [-0.15, -0.1) is 0 Å². The Morgan fingerprint density at radius 2 is 1.73 bits per heavy atom. The summed E-state index contributed by atoms with van der Waals surface area (Å²) in [6.07, 6.45) is 1.33. The number of rotatable bonds is 7.